The molecule has 0 unspecified atom stereocenters. The summed E-state index contributed by atoms with van der Waals surface area (Å²) >= 11 is 0. The van der Waals surface area contributed by atoms with Gasteiger partial charge in [0.1, 0.15) is 6.61 Å². The molecule has 172 valence electrons. The summed E-state index contributed by atoms with van der Waals surface area (Å²) < 4.78 is 11.5. The number of benzene rings is 2. The molecule has 1 fully saturated rings. The van der Waals surface area contributed by atoms with E-state index >= 15 is 0 Å². The largest absolute Gasteiger partial charge is 0.489 e. The molecule has 6 heteroatoms. The van der Waals surface area contributed by atoms with Gasteiger partial charge in [-0.2, -0.15) is 0 Å². The minimum atomic E-state index is -0.992. The van der Waals surface area contributed by atoms with E-state index in [0.29, 0.717) is 42.9 Å². The van der Waals surface area contributed by atoms with Crippen LogP contribution in [0.15, 0.2) is 48.5 Å². The third-order valence-corrected chi connectivity index (χ3v) is 6.12. The lowest BCUT2D eigenvalue weighted by atomic mass is 9.75. The number of hydrogen-bond donors (Lipinski definition) is 2. The molecule has 0 heterocycles. The fourth-order valence-electron chi connectivity index (χ4n) is 4.27. The zero-order chi connectivity index (χ0) is 22.8. The Balaban J connectivity index is 1.75. The lowest BCUT2D eigenvalue weighted by Gasteiger charge is -2.27. The predicted molar refractivity (Wildman–Crippen MR) is 121 cm³/mol. The fourth-order valence-corrected chi connectivity index (χ4v) is 4.27. The SMILES string of the molecule is O=C(CC1(C(=O)O)CCCCCC1)c1ccc(OCCO)c(OCCc2ccccc2)c1. The average molecular weight is 441 g/mol. The molecule has 0 aromatic heterocycles. The Labute approximate surface area is 189 Å². The number of Topliss-reactive ketones (excluding diaryl/α,β-unsaturated/α-hetero) is 1. The third kappa shape index (κ3) is 6.33. The van der Waals surface area contributed by atoms with Gasteiger partial charge < -0.3 is 19.7 Å². The van der Waals surface area contributed by atoms with E-state index in [-0.39, 0.29) is 25.4 Å². The smallest absolute Gasteiger partial charge is 0.310 e. The van der Waals surface area contributed by atoms with Crippen molar-refractivity contribution in [3.05, 3.63) is 59.7 Å². The second kappa shape index (κ2) is 11.7. The molecule has 1 aliphatic carbocycles. The van der Waals surface area contributed by atoms with Gasteiger partial charge in [-0.05, 0) is 36.6 Å². The average Bonchev–Trinajstić information content (AvgIpc) is 3.05. The van der Waals surface area contributed by atoms with E-state index in [4.69, 9.17) is 14.6 Å². The van der Waals surface area contributed by atoms with Crippen LogP contribution in [-0.2, 0) is 11.2 Å². The molecule has 6 nitrogen and oxygen atoms in total. The van der Waals surface area contributed by atoms with Crippen LogP contribution in [0.3, 0.4) is 0 Å². The molecule has 1 aliphatic rings. The number of ketones is 1. The van der Waals surface area contributed by atoms with Gasteiger partial charge in [-0.15, -0.1) is 0 Å². The van der Waals surface area contributed by atoms with E-state index in [0.717, 1.165) is 31.2 Å². The highest BCUT2D eigenvalue weighted by Gasteiger charge is 2.40. The zero-order valence-corrected chi connectivity index (χ0v) is 18.4. The second-order valence-electron chi connectivity index (χ2n) is 8.42. The van der Waals surface area contributed by atoms with Gasteiger partial charge in [-0.3, -0.25) is 9.59 Å². The van der Waals surface area contributed by atoms with Crippen molar-refractivity contribution in [2.45, 2.75) is 51.4 Å². The zero-order valence-electron chi connectivity index (χ0n) is 18.4. The minimum absolute atomic E-state index is 0.0113. The van der Waals surface area contributed by atoms with Crippen molar-refractivity contribution in [3.63, 3.8) is 0 Å². The molecule has 0 radical (unpaired) electrons. The van der Waals surface area contributed by atoms with Crippen molar-refractivity contribution in [2.75, 3.05) is 19.8 Å². The Bertz CT molecular complexity index is 884. The van der Waals surface area contributed by atoms with E-state index in [2.05, 4.69) is 0 Å². The Kier molecular flexibility index (Phi) is 8.68. The van der Waals surface area contributed by atoms with Crippen LogP contribution in [0.5, 0.6) is 11.5 Å². The molecule has 2 N–H and O–H groups in total. The summed E-state index contributed by atoms with van der Waals surface area (Å²) in [4.78, 5) is 25.2. The van der Waals surface area contributed by atoms with Crippen molar-refractivity contribution in [2.24, 2.45) is 5.41 Å². The lowest BCUT2D eigenvalue weighted by molar-refractivity contribution is -0.149. The molecule has 2 aromatic carbocycles. The number of aliphatic hydroxyl groups excluding tert-OH is 1. The van der Waals surface area contributed by atoms with Gasteiger partial charge >= 0.3 is 5.97 Å². The van der Waals surface area contributed by atoms with Crippen LogP contribution in [0.1, 0.15) is 60.9 Å². The normalized spacial score (nSPS) is 15.5. The van der Waals surface area contributed by atoms with Crippen LogP contribution >= 0.6 is 0 Å². The minimum Gasteiger partial charge on any atom is -0.489 e. The van der Waals surface area contributed by atoms with Crippen LogP contribution < -0.4 is 9.47 Å². The van der Waals surface area contributed by atoms with Gasteiger partial charge in [0.15, 0.2) is 17.3 Å². The first kappa shape index (κ1) is 23.8. The van der Waals surface area contributed by atoms with Crippen molar-refractivity contribution in [1.82, 2.24) is 0 Å². The van der Waals surface area contributed by atoms with E-state index in [1.54, 1.807) is 18.2 Å². The van der Waals surface area contributed by atoms with Crippen molar-refractivity contribution in [1.29, 1.82) is 0 Å². The molecule has 0 aliphatic heterocycles. The van der Waals surface area contributed by atoms with Gasteiger partial charge in [0.2, 0.25) is 0 Å². The van der Waals surface area contributed by atoms with Crippen LogP contribution in [0.2, 0.25) is 0 Å². The van der Waals surface area contributed by atoms with Crippen LogP contribution in [0.4, 0.5) is 0 Å². The number of carbonyl (C=O) groups is 2. The van der Waals surface area contributed by atoms with Gasteiger partial charge in [-0.25, -0.2) is 0 Å². The highest BCUT2D eigenvalue weighted by Crippen LogP contribution is 2.40. The van der Waals surface area contributed by atoms with Gasteiger partial charge in [0, 0.05) is 18.4 Å². The Hall–Kier alpha value is -2.86. The van der Waals surface area contributed by atoms with Crippen molar-refractivity contribution < 1.29 is 29.3 Å². The molecule has 1 saturated carbocycles. The summed E-state index contributed by atoms with van der Waals surface area (Å²) in [5, 5.41) is 19.0. The third-order valence-electron chi connectivity index (χ3n) is 6.12. The Morgan fingerprint density at radius 3 is 2.22 bits per heavy atom. The Morgan fingerprint density at radius 2 is 1.56 bits per heavy atom. The summed E-state index contributed by atoms with van der Waals surface area (Å²) in [5.41, 5.74) is 0.559. The summed E-state index contributed by atoms with van der Waals surface area (Å²) in [6, 6.07) is 14.9. The number of carboxylic acids is 1. The number of aliphatic hydroxyl groups is 1. The molecule has 0 amide bonds. The van der Waals surface area contributed by atoms with E-state index < -0.39 is 11.4 Å². The summed E-state index contributed by atoms with van der Waals surface area (Å²) in [5.74, 6) is -0.206. The standard InChI is InChI=1S/C26H32O6/c27-15-17-32-23-11-10-21(18-24(23)31-16-12-20-8-4-3-5-9-20)22(28)19-26(25(29)30)13-6-1-2-7-14-26/h3-5,8-11,18,27H,1-2,6-7,12-17,19H2,(H,29,30). The molecular weight excluding hydrogens is 408 g/mol. The maximum absolute atomic E-state index is 13.1. The first-order chi connectivity index (χ1) is 15.5. The van der Waals surface area contributed by atoms with Crippen molar-refractivity contribution in [3.8, 4) is 11.5 Å². The molecular formula is C26H32O6. The summed E-state index contributed by atoms with van der Waals surface area (Å²) in [6.07, 6.45) is 5.45. The number of carboxylic acid groups (broad SMARTS) is 1. The maximum atomic E-state index is 13.1. The first-order valence-corrected chi connectivity index (χ1v) is 11.4. The molecule has 0 atom stereocenters. The number of aliphatic carboxylic acids is 1. The summed E-state index contributed by atoms with van der Waals surface area (Å²) in [7, 11) is 0. The molecule has 0 spiro atoms. The molecule has 2 aromatic rings. The maximum Gasteiger partial charge on any atom is 0.310 e. The molecule has 0 saturated heterocycles. The molecule has 0 bridgehead atoms. The highest BCUT2D eigenvalue weighted by atomic mass is 16.5. The van der Waals surface area contributed by atoms with Crippen molar-refractivity contribution >= 4 is 11.8 Å². The summed E-state index contributed by atoms with van der Waals surface area (Å²) in [6.45, 7) is 0.381. The topological polar surface area (TPSA) is 93.1 Å². The number of hydrogen-bond acceptors (Lipinski definition) is 5. The lowest BCUT2D eigenvalue weighted by Crippen LogP contribution is -2.33. The van der Waals surface area contributed by atoms with Gasteiger partial charge in [0.05, 0.1) is 18.6 Å². The van der Waals surface area contributed by atoms with Gasteiger partial charge in [0.25, 0.3) is 0 Å². The predicted octanol–water partition coefficient (Wildman–Crippen LogP) is 4.68. The van der Waals surface area contributed by atoms with E-state index in [1.807, 2.05) is 30.3 Å². The van der Waals surface area contributed by atoms with Crippen LogP contribution in [0, 0.1) is 5.41 Å². The number of rotatable bonds is 11. The highest BCUT2D eigenvalue weighted by molar-refractivity contribution is 5.99. The van der Waals surface area contributed by atoms with E-state index in [9.17, 15) is 14.7 Å². The second-order valence-corrected chi connectivity index (χ2v) is 8.42. The van der Waals surface area contributed by atoms with Crippen LogP contribution in [-0.4, -0.2) is 41.8 Å². The number of carbonyl (C=O) groups excluding carboxylic acids is 1. The van der Waals surface area contributed by atoms with Gasteiger partial charge in [-0.1, -0.05) is 56.0 Å². The Morgan fingerprint density at radius 1 is 0.875 bits per heavy atom. The first-order valence-electron chi connectivity index (χ1n) is 11.4. The van der Waals surface area contributed by atoms with Crippen LogP contribution in [0.25, 0.3) is 0 Å². The monoisotopic (exact) mass is 440 g/mol. The molecule has 3 rings (SSSR count). The van der Waals surface area contributed by atoms with E-state index in [1.165, 1.54) is 0 Å². The molecule has 32 heavy (non-hydrogen) atoms. The number of ether oxygens (including phenoxy) is 2. The quantitative estimate of drug-likeness (QED) is 0.389. The fraction of sp³-hybridized carbons (Fsp3) is 0.462.